The van der Waals surface area contributed by atoms with Crippen molar-refractivity contribution in [3.05, 3.63) is 76.9 Å². The van der Waals surface area contributed by atoms with Gasteiger partial charge in [0.05, 0.1) is 9.82 Å². The summed E-state index contributed by atoms with van der Waals surface area (Å²) < 4.78 is 23.6. The van der Waals surface area contributed by atoms with Crippen molar-refractivity contribution in [2.75, 3.05) is 17.7 Å². The fraction of sp³-hybridized carbons (Fsp3) is 0.118. The third kappa shape index (κ3) is 4.30. The molecule has 130 valence electrons. The highest BCUT2D eigenvalue weighted by Crippen LogP contribution is 2.24. The molecule has 0 aliphatic heterocycles. The van der Waals surface area contributed by atoms with E-state index in [1.54, 1.807) is 30.3 Å². The number of non-ortho nitro benzene ring substituents is 1. The zero-order valence-corrected chi connectivity index (χ0v) is 14.3. The number of carbonyl (C=O) groups is 1. The number of rotatable bonds is 6. The Morgan fingerprint density at radius 2 is 1.88 bits per heavy atom. The average Bonchev–Trinajstić information content (AvgIpc) is 2.58. The largest absolute Gasteiger partial charge is 0.305 e. The van der Waals surface area contributed by atoms with Crippen LogP contribution in [0.4, 0.5) is 11.4 Å². The van der Waals surface area contributed by atoms with Gasteiger partial charge >= 0.3 is 0 Å². The lowest BCUT2D eigenvalue weighted by Crippen LogP contribution is -2.31. The molecule has 2 aromatic rings. The van der Waals surface area contributed by atoms with Gasteiger partial charge in [-0.05, 0) is 18.2 Å². The van der Waals surface area contributed by atoms with Crippen LogP contribution in [0.2, 0.25) is 0 Å². The SMILES string of the molecule is C=CCN(C(=O)c1cc([N+](=O)[O-])cc(S(C)(=O)=O)c1)c1ccccc1. The van der Waals surface area contributed by atoms with Crippen molar-refractivity contribution in [3.8, 4) is 0 Å². The van der Waals surface area contributed by atoms with E-state index in [1.807, 2.05) is 0 Å². The molecule has 0 aromatic heterocycles. The first-order valence-corrected chi connectivity index (χ1v) is 9.10. The standard InChI is InChI=1S/C17H16N2O5S/c1-3-9-18(14-7-5-4-6-8-14)17(20)13-10-15(19(21)22)12-16(11-13)25(2,23)24/h3-8,10-12H,1,9H2,2H3. The van der Waals surface area contributed by atoms with E-state index < -0.39 is 26.4 Å². The molecule has 0 aliphatic carbocycles. The summed E-state index contributed by atoms with van der Waals surface area (Å²) in [5, 5.41) is 11.1. The molecule has 0 saturated carbocycles. The van der Waals surface area contributed by atoms with E-state index in [-0.39, 0.29) is 17.0 Å². The van der Waals surface area contributed by atoms with Crippen LogP contribution in [0, 0.1) is 10.1 Å². The lowest BCUT2D eigenvalue weighted by atomic mass is 10.1. The van der Waals surface area contributed by atoms with E-state index in [4.69, 9.17) is 0 Å². The molecule has 2 aromatic carbocycles. The fourth-order valence-electron chi connectivity index (χ4n) is 2.22. The number of nitro benzene ring substituents is 1. The number of sulfone groups is 1. The molecule has 0 heterocycles. The molecule has 7 nitrogen and oxygen atoms in total. The minimum Gasteiger partial charge on any atom is -0.305 e. The van der Waals surface area contributed by atoms with Crippen molar-refractivity contribution < 1.29 is 18.1 Å². The number of para-hydroxylation sites is 1. The smallest absolute Gasteiger partial charge is 0.271 e. The lowest BCUT2D eigenvalue weighted by molar-refractivity contribution is -0.385. The number of benzene rings is 2. The minimum absolute atomic E-state index is 0.0830. The van der Waals surface area contributed by atoms with Gasteiger partial charge in [-0.3, -0.25) is 14.9 Å². The fourth-order valence-corrected chi connectivity index (χ4v) is 2.90. The second-order valence-corrected chi connectivity index (χ2v) is 7.30. The zero-order valence-electron chi connectivity index (χ0n) is 13.5. The third-order valence-electron chi connectivity index (χ3n) is 3.40. The zero-order chi connectivity index (χ0) is 18.6. The van der Waals surface area contributed by atoms with Crippen LogP contribution >= 0.6 is 0 Å². The quantitative estimate of drug-likeness (QED) is 0.448. The number of hydrogen-bond acceptors (Lipinski definition) is 5. The molecule has 0 spiro atoms. The van der Waals surface area contributed by atoms with Crippen molar-refractivity contribution in [3.63, 3.8) is 0 Å². The predicted molar refractivity (Wildman–Crippen MR) is 94.5 cm³/mol. The molecule has 0 saturated heterocycles. The Kier molecular flexibility index (Phi) is 5.33. The summed E-state index contributed by atoms with van der Waals surface area (Å²) in [6, 6.07) is 11.8. The van der Waals surface area contributed by atoms with Gasteiger partial charge in [-0.25, -0.2) is 8.42 Å². The maximum Gasteiger partial charge on any atom is 0.271 e. The van der Waals surface area contributed by atoms with Gasteiger partial charge in [-0.1, -0.05) is 24.3 Å². The van der Waals surface area contributed by atoms with Gasteiger partial charge < -0.3 is 4.90 Å². The normalized spacial score (nSPS) is 10.9. The van der Waals surface area contributed by atoms with Gasteiger partial charge in [0, 0.05) is 36.2 Å². The summed E-state index contributed by atoms with van der Waals surface area (Å²) in [5.74, 6) is -0.556. The van der Waals surface area contributed by atoms with Crippen LogP contribution in [0.5, 0.6) is 0 Å². The maximum absolute atomic E-state index is 12.8. The molecule has 0 atom stereocenters. The van der Waals surface area contributed by atoms with Crippen molar-refractivity contribution >= 4 is 27.1 Å². The van der Waals surface area contributed by atoms with Crippen LogP contribution in [0.15, 0.2) is 66.1 Å². The molecular formula is C17H16N2O5S. The van der Waals surface area contributed by atoms with Crippen molar-refractivity contribution in [2.45, 2.75) is 4.90 Å². The van der Waals surface area contributed by atoms with Gasteiger partial charge in [0.1, 0.15) is 0 Å². The summed E-state index contributed by atoms with van der Waals surface area (Å²) in [6.45, 7) is 3.77. The Labute approximate surface area is 145 Å². The number of amides is 1. The Balaban J connectivity index is 2.58. The van der Waals surface area contributed by atoms with E-state index >= 15 is 0 Å². The summed E-state index contributed by atoms with van der Waals surface area (Å²) in [7, 11) is -3.71. The summed E-state index contributed by atoms with van der Waals surface area (Å²) in [5.41, 5.74) is 0.0260. The monoisotopic (exact) mass is 360 g/mol. The molecule has 1 amide bonds. The van der Waals surface area contributed by atoms with Crippen molar-refractivity contribution in [1.29, 1.82) is 0 Å². The summed E-state index contributed by atoms with van der Waals surface area (Å²) in [6.07, 6.45) is 2.44. The second-order valence-electron chi connectivity index (χ2n) is 5.28. The van der Waals surface area contributed by atoms with Gasteiger partial charge in [-0.15, -0.1) is 6.58 Å². The van der Waals surface area contributed by atoms with Crippen molar-refractivity contribution in [1.82, 2.24) is 0 Å². The number of carbonyl (C=O) groups excluding carboxylic acids is 1. The molecule has 0 fully saturated rings. The van der Waals surface area contributed by atoms with E-state index in [0.717, 1.165) is 24.5 Å². The molecule has 25 heavy (non-hydrogen) atoms. The van der Waals surface area contributed by atoms with Crippen LogP contribution in [0.25, 0.3) is 0 Å². The Hall–Kier alpha value is -3.00. The summed E-state index contributed by atoms with van der Waals surface area (Å²) in [4.78, 5) is 24.3. The Morgan fingerprint density at radius 1 is 1.24 bits per heavy atom. The highest BCUT2D eigenvalue weighted by Gasteiger charge is 2.22. The molecule has 0 bridgehead atoms. The highest BCUT2D eigenvalue weighted by molar-refractivity contribution is 7.90. The van der Waals surface area contributed by atoms with Crippen LogP contribution in [-0.4, -0.2) is 32.0 Å². The first-order valence-electron chi connectivity index (χ1n) is 7.21. The third-order valence-corrected chi connectivity index (χ3v) is 4.49. The molecule has 0 aliphatic rings. The summed E-state index contributed by atoms with van der Waals surface area (Å²) >= 11 is 0. The van der Waals surface area contributed by atoms with E-state index in [9.17, 15) is 23.3 Å². The van der Waals surface area contributed by atoms with Gasteiger partial charge in [0.25, 0.3) is 11.6 Å². The average molecular weight is 360 g/mol. The highest BCUT2D eigenvalue weighted by atomic mass is 32.2. The van der Waals surface area contributed by atoms with Crippen LogP contribution in [0.3, 0.4) is 0 Å². The van der Waals surface area contributed by atoms with Crippen molar-refractivity contribution in [2.24, 2.45) is 0 Å². The Bertz CT molecular complexity index is 923. The second kappa shape index (κ2) is 7.27. The van der Waals surface area contributed by atoms with Crippen LogP contribution in [0.1, 0.15) is 10.4 Å². The topological polar surface area (TPSA) is 97.6 Å². The number of nitrogens with zero attached hydrogens (tertiary/aromatic N) is 2. The minimum atomic E-state index is -3.71. The number of hydrogen-bond donors (Lipinski definition) is 0. The first kappa shape index (κ1) is 18.3. The van der Waals surface area contributed by atoms with E-state index in [2.05, 4.69) is 6.58 Å². The lowest BCUT2D eigenvalue weighted by Gasteiger charge is -2.21. The number of nitro groups is 1. The van der Waals surface area contributed by atoms with Crippen LogP contribution < -0.4 is 4.90 Å². The van der Waals surface area contributed by atoms with E-state index in [1.165, 1.54) is 11.0 Å². The molecule has 0 unspecified atom stereocenters. The van der Waals surface area contributed by atoms with Gasteiger partial charge in [0.15, 0.2) is 9.84 Å². The maximum atomic E-state index is 12.8. The molecular weight excluding hydrogens is 344 g/mol. The van der Waals surface area contributed by atoms with Gasteiger partial charge in [0.2, 0.25) is 0 Å². The predicted octanol–water partition coefficient (Wildman–Crippen LogP) is 2.83. The molecule has 8 heteroatoms. The molecule has 0 radical (unpaired) electrons. The molecule has 2 rings (SSSR count). The van der Waals surface area contributed by atoms with E-state index in [0.29, 0.717) is 5.69 Å². The van der Waals surface area contributed by atoms with Gasteiger partial charge in [-0.2, -0.15) is 0 Å². The Morgan fingerprint density at radius 3 is 2.40 bits per heavy atom. The molecule has 0 N–H and O–H groups in total. The number of anilines is 1. The van der Waals surface area contributed by atoms with Crippen LogP contribution in [-0.2, 0) is 9.84 Å². The first-order chi connectivity index (χ1) is 11.7.